The monoisotopic (exact) mass is 630 g/mol. The molecule has 2 aromatic carbocycles. The maximum Gasteiger partial charge on any atom is 0.336 e. The number of hydrogen-bond acceptors (Lipinski definition) is 14. The van der Waals surface area contributed by atoms with Gasteiger partial charge in [0.15, 0.2) is 29.1 Å². The van der Waals surface area contributed by atoms with Crippen molar-refractivity contribution in [1.82, 2.24) is 0 Å². The number of phenols is 2. The number of aromatic hydroxyl groups is 2. The SMILES string of the molecule is COc1cc(/C=C/C(=O)OC[C@@H]2O[C@@H](OC(C)(C)[C@H]3Cc4cc5ccc(=O)oc5c(O)c4O3)[C@H](O)[C@@H](O)[C@@H]2O)cc(OC)c1O. The van der Waals surface area contributed by atoms with E-state index >= 15 is 0 Å². The number of benzene rings is 2. The molecule has 2 aliphatic heterocycles. The van der Waals surface area contributed by atoms with Crippen LogP contribution >= 0.6 is 0 Å². The van der Waals surface area contributed by atoms with Crippen molar-refractivity contribution in [3.8, 4) is 28.7 Å². The lowest BCUT2D eigenvalue weighted by molar-refractivity contribution is -0.329. The number of fused-ring (bicyclic) bond motifs is 2. The standard InChI is InChI=1S/C31H34O14/c1-31(2,20-12-16-11-15-6-8-22(33)44-28(15)27(38)29(16)43-20)45-30-26(37)25(36)24(35)19(42-30)13-41-21(32)7-5-14-9-17(39-3)23(34)18(10-14)40-4/h5-11,19-20,24-26,30,34-38H,12-13H2,1-4H3/b7-5+/t19-,20+,24+,25-,26+,30-/m0/s1. The van der Waals surface area contributed by atoms with Gasteiger partial charge in [-0.1, -0.05) is 0 Å². The molecule has 3 aromatic rings. The summed E-state index contributed by atoms with van der Waals surface area (Å²) in [5.41, 5.74) is -0.738. The molecule has 3 heterocycles. The number of aliphatic hydroxyl groups excluding tert-OH is 3. The Morgan fingerprint density at radius 2 is 1.69 bits per heavy atom. The van der Waals surface area contributed by atoms with Crippen molar-refractivity contribution >= 4 is 23.0 Å². The highest BCUT2D eigenvalue weighted by Gasteiger charge is 2.49. The van der Waals surface area contributed by atoms with E-state index in [0.717, 1.165) is 6.08 Å². The van der Waals surface area contributed by atoms with E-state index in [9.17, 15) is 35.1 Å². The van der Waals surface area contributed by atoms with Crippen LogP contribution in [0.15, 0.2) is 45.6 Å². The Morgan fingerprint density at radius 3 is 2.36 bits per heavy atom. The van der Waals surface area contributed by atoms with Gasteiger partial charge in [0.1, 0.15) is 42.7 Å². The molecule has 0 amide bonds. The molecule has 2 aliphatic rings. The van der Waals surface area contributed by atoms with Gasteiger partial charge in [-0.05, 0) is 49.8 Å². The summed E-state index contributed by atoms with van der Waals surface area (Å²) in [6, 6.07) is 7.45. The number of phenolic OH excluding ortho intramolecular Hbond substituents is 2. The van der Waals surface area contributed by atoms with Gasteiger partial charge in [-0.2, -0.15) is 0 Å². The van der Waals surface area contributed by atoms with Crippen LogP contribution in [0.3, 0.4) is 0 Å². The van der Waals surface area contributed by atoms with E-state index in [4.69, 9.17) is 32.8 Å². The predicted octanol–water partition coefficient (Wildman–Crippen LogP) is 1.38. The highest BCUT2D eigenvalue weighted by molar-refractivity contribution is 5.87. The topological polar surface area (TPSA) is 204 Å². The van der Waals surface area contributed by atoms with Gasteiger partial charge in [0.05, 0.1) is 14.2 Å². The van der Waals surface area contributed by atoms with Crippen molar-refractivity contribution in [2.75, 3.05) is 20.8 Å². The largest absolute Gasteiger partial charge is 0.502 e. The van der Waals surface area contributed by atoms with Crippen molar-refractivity contribution < 1.29 is 63.2 Å². The molecular formula is C31H34O14. The first-order chi connectivity index (χ1) is 21.3. The molecule has 5 rings (SSSR count). The van der Waals surface area contributed by atoms with E-state index in [1.807, 2.05) is 0 Å². The molecule has 14 nitrogen and oxygen atoms in total. The Kier molecular flexibility index (Phi) is 8.96. The van der Waals surface area contributed by atoms with Crippen molar-refractivity contribution in [1.29, 1.82) is 0 Å². The fraction of sp³-hybridized carbons (Fsp3) is 0.419. The molecule has 0 spiro atoms. The minimum Gasteiger partial charge on any atom is -0.502 e. The van der Waals surface area contributed by atoms with Gasteiger partial charge in [0.25, 0.3) is 0 Å². The number of hydrogen-bond donors (Lipinski definition) is 5. The highest BCUT2D eigenvalue weighted by atomic mass is 16.7. The lowest BCUT2D eigenvalue weighted by atomic mass is 9.95. The number of carbonyl (C=O) groups excluding carboxylic acids is 1. The van der Waals surface area contributed by atoms with Gasteiger partial charge in [-0.3, -0.25) is 0 Å². The second kappa shape index (κ2) is 12.6. The molecule has 6 atom stereocenters. The van der Waals surface area contributed by atoms with E-state index in [1.165, 1.54) is 44.6 Å². The zero-order valence-electron chi connectivity index (χ0n) is 24.8. The van der Waals surface area contributed by atoms with Gasteiger partial charge in [0, 0.05) is 29.5 Å². The van der Waals surface area contributed by atoms with Crippen LogP contribution < -0.4 is 19.8 Å². The number of ether oxygens (including phenoxy) is 6. The summed E-state index contributed by atoms with van der Waals surface area (Å²) in [5.74, 6) is -0.947. The van der Waals surface area contributed by atoms with E-state index in [-0.39, 0.29) is 40.8 Å². The fourth-order valence-corrected chi connectivity index (χ4v) is 5.20. The highest BCUT2D eigenvalue weighted by Crippen LogP contribution is 2.45. The molecule has 1 aromatic heterocycles. The Balaban J connectivity index is 1.24. The van der Waals surface area contributed by atoms with Crippen LogP contribution in [-0.2, 0) is 25.4 Å². The summed E-state index contributed by atoms with van der Waals surface area (Å²) in [5, 5.41) is 53.0. The third-order valence-electron chi connectivity index (χ3n) is 7.75. The Morgan fingerprint density at radius 1 is 1.00 bits per heavy atom. The Hall–Kier alpha value is -4.34. The quantitative estimate of drug-likeness (QED) is 0.129. The second-order valence-electron chi connectivity index (χ2n) is 11.2. The molecule has 0 saturated carbocycles. The molecule has 0 bridgehead atoms. The average molecular weight is 631 g/mol. The van der Waals surface area contributed by atoms with E-state index in [2.05, 4.69) is 0 Å². The third-order valence-corrected chi connectivity index (χ3v) is 7.75. The Bertz CT molecular complexity index is 1630. The van der Waals surface area contributed by atoms with Crippen LogP contribution in [0.2, 0.25) is 0 Å². The molecule has 1 fully saturated rings. The van der Waals surface area contributed by atoms with E-state index in [0.29, 0.717) is 16.5 Å². The van der Waals surface area contributed by atoms with Crippen LogP contribution in [0.25, 0.3) is 17.0 Å². The third kappa shape index (κ3) is 6.41. The summed E-state index contributed by atoms with van der Waals surface area (Å²) >= 11 is 0. The van der Waals surface area contributed by atoms with Gasteiger partial charge in [-0.25, -0.2) is 9.59 Å². The zero-order chi connectivity index (χ0) is 32.6. The summed E-state index contributed by atoms with van der Waals surface area (Å²) in [6.07, 6.45) is -5.65. The summed E-state index contributed by atoms with van der Waals surface area (Å²) in [4.78, 5) is 24.1. The maximum atomic E-state index is 12.5. The summed E-state index contributed by atoms with van der Waals surface area (Å²) in [7, 11) is 2.73. The number of carbonyl (C=O) groups is 1. The first-order valence-corrected chi connectivity index (χ1v) is 14.0. The van der Waals surface area contributed by atoms with Gasteiger partial charge in [-0.15, -0.1) is 0 Å². The minimum absolute atomic E-state index is 0.0153. The molecule has 14 heteroatoms. The van der Waals surface area contributed by atoms with Crippen molar-refractivity contribution in [3.05, 3.63) is 58.0 Å². The summed E-state index contributed by atoms with van der Waals surface area (Å²) < 4.78 is 38.3. The number of rotatable bonds is 9. The van der Waals surface area contributed by atoms with E-state index in [1.54, 1.807) is 19.9 Å². The van der Waals surface area contributed by atoms with Crippen LogP contribution in [0.5, 0.6) is 28.7 Å². The van der Waals surface area contributed by atoms with E-state index < -0.39 is 60.6 Å². The number of aliphatic hydroxyl groups is 3. The lowest BCUT2D eigenvalue weighted by Crippen LogP contribution is -2.61. The fourth-order valence-electron chi connectivity index (χ4n) is 5.20. The van der Waals surface area contributed by atoms with Crippen LogP contribution in [0.1, 0.15) is 25.0 Å². The van der Waals surface area contributed by atoms with Crippen molar-refractivity contribution in [3.63, 3.8) is 0 Å². The van der Waals surface area contributed by atoms with Crippen molar-refractivity contribution in [2.45, 2.75) is 62.7 Å². The second-order valence-corrected chi connectivity index (χ2v) is 11.2. The molecular weight excluding hydrogens is 596 g/mol. The molecule has 0 unspecified atom stereocenters. The maximum absolute atomic E-state index is 12.5. The smallest absolute Gasteiger partial charge is 0.336 e. The van der Waals surface area contributed by atoms with Crippen LogP contribution in [-0.4, -0.2) is 94.7 Å². The Labute approximate surface area is 256 Å². The molecule has 45 heavy (non-hydrogen) atoms. The molecule has 0 aliphatic carbocycles. The molecule has 1 saturated heterocycles. The van der Waals surface area contributed by atoms with Crippen LogP contribution in [0, 0.1) is 0 Å². The minimum atomic E-state index is -1.70. The molecule has 242 valence electrons. The summed E-state index contributed by atoms with van der Waals surface area (Å²) in [6.45, 7) is 2.82. The van der Waals surface area contributed by atoms with Crippen LogP contribution in [0.4, 0.5) is 0 Å². The lowest BCUT2D eigenvalue weighted by Gasteiger charge is -2.43. The average Bonchev–Trinajstić information content (AvgIpc) is 3.46. The normalized spacial score (nSPS) is 24.8. The van der Waals surface area contributed by atoms with Gasteiger partial charge in [0.2, 0.25) is 11.5 Å². The number of methoxy groups -OCH3 is 2. The van der Waals surface area contributed by atoms with Gasteiger partial charge >= 0.3 is 11.6 Å². The van der Waals surface area contributed by atoms with Gasteiger partial charge < -0.3 is 58.4 Å². The first kappa shape index (κ1) is 32.1. The molecule has 5 N–H and O–H groups in total. The molecule has 0 radical (unpaired) electrons. The first-order valence-electron chi connectivity index (χ1n) is 14.0. The van der Waals surface area contributed by atoms with Crippen molar-refractivity contribution in [2.24, 2.45) is 0 Å². The zero-order valence-corrected chi connectivity index (χ0v) is 24.8. The number of esters is 1. The predicted molar refractivity (Wildman–Crippen MR) is 155 cm³/mol.